The first-order valence-corrected chi connectivity index (χ1v) is 8.47. The molecule has 6 nitrogen and oxygen atoms in total. The van der Waals surface area contributed by atoms with Crippen molar-refractivity contribution in [3.8, 4) is 0 Å². The van der Waals surface area contributed by atoms with Crippen molar-refractivity contribution in [1.29, 1.82) is 0 Å². The molecule has 0 saturated carbocycles. The first-order chi connectivity index (χ1) is 11.9. The maximum atomic E-state index is 12.0. The lowest BCUT2D eigenvalue weighted by molar-refractivity contribution is 0.0502. The van der Waals surface area contributed by atoms with Crippen molar-refractivity contribution in [1.82, 2.24) is 15.3 Å². The van der Waals surface area contributed by atoms with Gasteiger partial charge in [-0.3, -0.25) is 4.79 Å². The van der Waals surface area contributed by atoms with Crippen LogP contribution >= 0.6 is 0 Å². The molecule has 2 heterocycles. The van der Waals surface area contributed by atoms with Gasteiger partial charge in [0.05, 0.1) is 0 Å². The summed E-state index contributed by atoms with van der Waals surface area (Å²) in [6.07, 6.45) is 8.31. The van der Waals surface area contributed by atoms with Crippen molar-refractivity contribution in [2.24, 2.45) is 0 Å². The van der Waals surface area contributed by atoms with Crippen molar-refractivity contribution in [2.45, 2.75) is 51.7 Å². The summed E-state index contributed by atoms with van der Waals surface area (Å²) < 4.78 is 5.34. The number of aromatic amines is 1. The summed E-state index contributed by atoms with van der Waals surface area (Å²) in [7, 11) is 0. The average molecular weight is 341 g/mol. The molecule has 3 rings (SSSR count). The molecule has 2 aromatic rings. The molecule has 0 bridgehead atoms. The molecule has 0 radical (unpaired) electrons. The fourth-order valence-electron chi connectivity index (χ4n) is 3.18. The molecule has 1 amide bonds. The molecule has 0 fully saturated rings. The number of pyridine rings is 1. The number of hydrogen-bond acceptors (Lipinski definition) is 4. The maximum absolute atomic E-state index is 12.0. The van der Waals surface area contributed by atoms with Crippen LogP contribution in [0, 0.1) is 0 Å². The lowest BCUT2D eigenvalue weighted by Crippen LogP contribution is -2.39. The molecular weight excluding hydrogens is 318 g/mol. The third-order valence-electron chi connectivity index (χ3n) is 4.16. The molecule has 0 spiro atoms. The monoisotopic (exact) mass is 341 g/mol. The fourth-order valence-corrected chi connectivity index (χ4v) is 3.18. The quantitative estimate of drug-likeness (QED) is 0.831. The minimum Gasteiger partial charge on any atom is -0.444 e. The number of carbonyl (C=O) groups is 2. The highest BCUT2D eigenvalue weighted by atomic mass is 16.6. The molecule has 132 valence electrons. The number of amides is 1. The zero-order valence-electron chi connectivity index (χ0n) is 14.8. The van der Waals surface area contributed by atoms with Gasteiger partial charge in [-0.15, -0.1) is 0 Å². The number of nitrogens with one attached hydrogen (secondary N) is 2. The first-order valence-electron chi connectivity index (χ1n) is 8.47. The van der Waals surface area contributed by atoms with Crippen molar-refractivity contribution in [2.75, 3.05) is 0 Å². The van der Waals surface area contributed by atoms with Gasteiger partial charge >= 0.3 is 6.09 Å². The molecule has 0 saturated heterocycles. The molecule has 25 heavy (non-hydrogen) atoms. The van der Waals surface area contributed by atoms with Crippen molar-refractivity contribution >= 4 is 29.0 Å². The number of ether oxygens (including phenoxy) is 1. The molecule has 1 unspecified atom stereocenters. The van der Waals surface area contributed by atoms with Gasteiger partial charge in [-0.2, -0.15) is 0 Å². The van der Waals surface area contributed by atoms with Gasteiger partial charge in [0.25, 0.3) is 0 Å². The number of fused-ring (bicyclic) bond motifs is 1. The molecule has 0 aromatic carbocycles. The van der Waals surface area contributed by atoms with Crippen LogP contribution in [0.15, 0.2) is 24.5 Å². The number of allylic oxidation sites excluding steroid dienone is 1. The smallest absolute Gasteiger partial charge is 0.407 e. The predicted octanol–water partition coefficient (Wildman–Crippen LogP) is 3.84. The fraction of sp³-hybridized carbons (Fsp3) is 0.421. The molecule has 1 aliphatic rings. The summed E-state index contributed by atoms with van der Waals surface area (Å²) in [5, 5.41) is 3.87. The highest BCUT2D eigenvalue weighted by Crippen LogP contribution is 2.33. The van der Waals surface area contributed by atoms with E-state index in [1.807, 2.05) is 33.0 Å². The van der Waals surface area contributed by atoms with Crippen LogP contribution < -0.4 is 5.32 Å². The van der Waals surface area contributed by atoms with Crippen LogP contribution in [0.3, 0.4) is 0 Å². The van der Waals surface area contributed by atoms with Crippen LogP contribution in [0.2, 0.25) is 0 Å². The number of alkyl carbamates (subject to hydrolysis) is 1. The topological polar surface area (TPSA) is 84.1 Å². The summed E-state index contributed by atoms with van der Waals surface area (Å²) in [6, 6.07) is 1.91. The summed E-state index contributed by atoms with van der Waals surface area (Å²) >= 11 is 0. The predicted molar refractivity (Wildman–Crippen MR) is 96.5 cm³/mol. The van der Waals surface area contributed by atoms with E-state index in [-0.39, 0.29) is 6.04 Å². The average Bonchev–Trinajstić information content (AvgIpc) is 3.00. The van der Waals surface area contributed by atoms with Crippen LogP contribution in [0.5, 0.6) is 0 Å². The van der Waals surface area contributed by atoms with E-state index in [0.717, 1.165) is 41.3 Å². The summed E-state index contributed by atoms with van der Waals surface area (Å²) in [6.45, 7) is 5.53. The van der Waals surface area contributed by atoms with Gasteiger partial charge in [0.1, 0.15) is 11.2 Å². The molecule has 6 heteroatoms. The Kier molecular flexibility index (Phi) is 4.61. The number of carbonyl (C=O) groups excluding carboxylic acids is 2. The molecular formula is C19H23N3O3. The lowest BCUT2D eigenvalue weighted by Gasteiger charge is -2.27. The molecule has 1 aliphatic carbocycles. The van der Waals surface area contributed by atoms with E-state index in [0.29, 0.717) is 12.0 Å². The summed E-state index contributed by atoms with van der Waals surface area (Å²) in [5.74, 6) is 0. The summed E-state index contributed by atoms with van der Waals surface area (Å²) in [5.41, 5.74) is 2.75. The maximum Gasteiger partial charge on any atom is 0.407 e. The zero-order valence-corrected chi connectivity index (χ0v) is 14.8. The van der Waals surface area contributed by atoms with Crippen molar-refractivity contribution in [3.63, 3.8) is 0 Å². The third-order valence-corrected chi connectivity index (χ3v) is 4.16. The third kappa shape index (κ3) is 3.90. The number of aldehydes is 1. The highest BCUT2D eigenvalue weighted by molar-refractivity contribution is 5.98. The zero-order chi connectivity index (χ0) is 18.0. The van der Waals surface area contributed by atoms with Crippen molar-refractivity contribution in [3.05, 3.63) is 35.7 Å². The number of H-pyrrole nitrogens is 1. The molecule has 2 N–H and O–H groups in total. The Morgan fingerprint density at radius 3 is 2.96 bits per heavy atom. The molecule has 1 atom stereocenters. The van der Waals surface area contributed by atoms with Crippen LogP contribution in [0.1, 0.15) is 56.0 Å². The van der Waals surface area contributed by atoms with E-state index in [1.54, 1.807) is 6.20 Å². The Balaban J connectivity index is 1.83. The first kappa shape index (κ1) is 17.2. The highest BCUT2D eigenvalue weighted by Gasteiger charge is 2.24. The van der Waals surface area contributed by atoms with E-state index in [2.05, 4.69) is 21.4 Å². The van der Waals surface area contributed by atoms with E-state index in [9.17, 15) is 9.59 Å². The standard InChI is InChI=1S/C19H23N3O3/c1-19(2,3)25-18(24)22-14-6-4-5-12(9-14)16-13(11-23)10-21-17-15(16)7-8-20-17/h5,7-8,10-11,14H,4,6,9H2,1-3H3,(H,20,21)(H,22,24). The largest absolute Gasteiger partial charge is 0.444 e. The van der Waals surface area contributed by atoms with E-state index in [4.69, 9.17) is 4.74 Å². The Labute approximate surface area is 146 Å². The van der Waals surface area contributed by atoms with E-state index in [1.165, 1.54) is 0 Å². The second-order valence-electron chi connectivity index (χ2n) is 7.30. The number of nitrogens with zero attached hydrogens (tertiary/aromatic N) is 1. The van der Waals surface area contributed by atoms with Gasteiger partial charge in [0.2, 0.25) is 0 Å². The normalized spacial score (nSPS) is 17.9. The van der Waals surface area contributed by atoms with E-state index >= 15 is 0 Å². The second-order valence-corrected chi connectivity index (χ2v) is 7.30. The Morgan fingerprint density at radius 2 is 2.24 bits per heavy atom. The number of aromatic nitrogens is 2. The lowest BCUT2D eigenvalue weighted by atomic mass is 9.87. The minimum atomic E-state index is -0.523. The molecule has 0 aliphatic heterocycles. The van der Waals surface area contributed by atoms with Gasteiger partial charge in [0.15, 0.2) is 6.29 Å². The van der Waals surface area contributed by atoms with Crippen LogP contribution in [0.4, 0.5) is 4.79 Å². The van der Waals surface area contributed by atoms with Crippen LogP contribution in [-0.2, 0) is 4.74 Å². The summed E-state index contributed by atoms with van der Waals surface area (Å²) in [4.78, 5) is 30.9. The van der Waals surface area contributed by atoms with Crippen LogP contribution in [-0.4, -0.2) is 34.0 Å². The SMILES string of the molecule is CC(C)(C)OC(=O)NC1CCC=C(c2c(C=O)cnc3[nH]ccc23)C1. The Bertz CT molecular complexity index is 830. The molecule has 2 aromatic heterocycles. The number of hydrogen-bond donors (Lipinski definition) is 2. The number of rotatable bonds is 3. The Morgan fingerprint density at radius 1 is 1.44 bits per heavy atom. The van der Waals surface area contributed by atoms with Crippen molar-refractivity contribution < 1.29 is 14.3 Å². The van der Waals surface area contributed by atoms with Gasteiger partial charge < -0.3 is 15.0 Å². The van der Waals surface area contributed by atoms with Gasteiger partial charge in [-0.25, -0.2) is 9.78 Å². The Hall–Kier alpha value is -2.63. The second kappa shape index (κ2) is 6.70. The minimum absolute atomic E-state index is 0.0171. The van der Waals surface area contributed by atoms with Gasteiger partial charge in [-0.05, 0) is 51.7 Å². The van der Waals surface area contributed by atoms with Crippen LogP contribution in [0.25, 0.3) is 16.6 Å². The van der Waals surface area contributed by atoms with Gasteiger partial charge in [-0.1, -0.05) is 6.08 Å². The van der Waals surface area contributed by atoms with E-state index < -0.39 is 11.7 Å². The van der Waals surface area contributed by atoms with Gasteiger partial charge in [0, 0.05) is 34.9 Å².